The van der Waals surface area contributed by atoms with Crippen molar-refractivity contribution in [3.8, 4) is 0 Å². The second kappa shape index (κ2) is 10.1. The van der Waals surface area contributed by atoms with Crippen molar-refractivity contribution in [2.75, 3.05) is 0 Å². The molecule has 1 aliphatic rings. The molecule has 1 aliphatic carbocycles. The molecule has 0 heterocycles. The molecule has 1 rings (SSSR count). The second-order valence-electron chi connectivity index (χ2n) is 8.70. The molecule has 3 heteroatoms. The average Bonchev–Trinajstić information content (AvgIpc) is 3.14. The third-order valence-electron chi connectivity index (χ3n) is 8.91. The summed E-state index contributed by atoms with van der Waals surface area (Å²) in [6, 6.07) is 13.1. The summed E-state index contributed by atoms with van der Waals surface area (Å²) in [6.07, 6.45) is 4.15. The maximum atomic E-state index is 2.80. The molecule has 0 aromatic heterocycles. The monoisotopic (exact) mass is 408 g/mol. The van der Waals surface area contributed by atoms with Gasteiger partial charge in [-0.3, -0.25) is 0 Å². The lowest BCUT2D eigenvalue weighted by molar-refractivity contribution is 1.13. The molecule has 0 atom stereocenters. The highest BCUT2D eigenvalue weighted by Crippen LogP contribution is 2.50. The zero-order valence-corrected chi connectivity index (χ0v) is 22.6. The molecule has 0 nitrogen and oxygen atoms in total. The van der Waals surface area contributed by atoms with Gasteiger partial charge in [0.2, 0.25) is 0 Å². The lowest BCUT2D eigenvalue weighted by Crippen LogP contribution is -2.46. The minimum absolute atomic E-state index is 1.28. The van der Waals surface area contributed by atoms with Gasteiger partial charge in [-0.2, -0.15) is 0 Å². The van der Waals surface area contributed by atoms with Gasteiger partial charge in [-0.05, 0) is 6.42 Å². The van der Waals surface area contributed by atoms with Gasteiger partial charge in [0.1, 0.15) is 0 Å². The Morgan fingerprint density at radius 1 is 0.538 bits per heavy atom. The first-order valence-corrected chi connectivity index (χ1v) is 19.7. The normalized spacial score (nSPS) is 16.4. The number of hydrogen-bond acceptors (Lipinski definition) is 0. The molecule has 26 heavy (non-hydrogen) atoms. The quantitative estimate of drug-likeness (QED) is 0.283. The highest BCUT2D eigenvalue weighted by Gasteiger charge is 2.47. The van der Waals surface area contributed by atoms with Crippen LogP contribution in [0.2, 0.25) is 54.4 Å². The van der Waals surface area contributed by atoms with Crippen LogP contribution in [0.25, 0.3) is 0 Å². The van der Waals surface area contributed by atoms with E-state index in [1.54, 1.807) is 0 Å². The predicted octanol–water partition coefficient (Wildman–Crippen LogP) is 8.76. The maximum Gasteiger partial charge on any atom is 0.0853 e. The topological polar surface area (TPSA) is 0 Å². The molecule has 0 N–H and O–H groups in total. The van der Waals surface area contributed by atoms with E-state index in [1.165, 1.54) is 60.8 Å². The number of rotatable bonds is 12. The van der Waals surface area contributed by atoms with Crippen LogP contribution in [0.1, 0.15) is 68.7 Å². The molecule has 152 valence electrons. The van der Waals surface area contributed by atoms with Crippen LogP contribution in [0.15, 0.2) is 21.7 Å². The summed E-state index contributed by atoms with van der Waals surface area (Å²) in [5, 5.41) is 6.13. The first-order valence-electron chi connectivity index (χ1n) is 11.8. The van der Waals surface area contributed by atoms with Gasteiger partial charge in [-0.15, -0.1) is 0 Å². The summed E-state index contributed by atoms with van der Waals surface area (Å²) >= 11 is 0. The van der Waals surface area contributed by atoms with Crippen molar-refractivity contribution in [1.82, 2.24) is 0 Å². The zero-order chi connectivity index (χ0) is 20.0. The van der Waals surface area contributed by atoms with Gasteiger partial charge in [0.15, 0.2) is 0 Å². The van der Waals surface area contributed by atoms with E-state index in [4.69, 9.17) is 0 Å². The average molecular weight is 409 g/mol. The van der Waals surface area contributed by atoms with Gasteiger partial charge in [-0.1, -0.05) is 138 Å². The van der Waals surface area contributed by atoms with Crippen LogP contribution in [0.4, 0.5) is 0 Å². The van der Waals surface area contributed by atoms with Crippen LogP contribution in [-0.4, -0.2) is 24.2 Å². The van der Waals surface area contributed by atoms with Gasteiger partial charge >= 0.3 is 0 Å². The molecule has 0 spiro atoms. The number of hydrogen-bond donors (Lipinski definition) is 0. The lowest BCUT2D eigenvalue weighted by Gasteiger charge is -2.43. The zero-order valence-electron chi connectivity index (χ0n) is 19.6. The summed E-state index contributed by atoms with van der Waals surface area (Å²) in [7, 11) is -3.93. The third kappa shape index (κ3) is 3.82. The molecule has 0 amide bonds. The summed E-state index contributed by atoms with van der Waals surface area (Å²) in [5.74, 6) is 0. The highest BCUT2D eigenvalue weighted by molar-refractivity contribution is 6.98. The molecule has 0 aliphatic heterocycles. The number of allylic oxidation sites excluding steroid dienone is 4. The van der Waals surface area contributed by atoms with Crippen LogP contribution in [0.3, 0.4) is 0 Å². The Bertz CT molecular complexity index is 479. The smallest absolute Gasteiger partial charge is 0.0817 e. The van der Waals surface area contributed by atoms with Gasteiger partial charge in [0, 0.05) is 0 Å². The molecule has 0 aromatic carbocycles. The molecular weight excluding hydrogens is 361 g/mol. The van der Waals surface area contributed by atoms with E-state index in [2.05, 4.69) is 78.8 Å². The Morgan fingerprint density at radius 2 is 0.885 bits per heavy atom. The Morgan fingerprint density at radius 3 is 1.19 bits per heavy atom. The standard InChI is InChI=1S/C23H48Si3/c1-10-24(11-2,12-3)21-19-20-22(25(13-4,14-5)15-6)23(21)26(16-7,17-8)18-9/h19H,10-18,20H2,1-9H3. The van der Waals surface area contributed by atoms with E-state index in [-0.39, 0.29) is 0 Å². The molecule has 0 saturated heterocycles. The van der Waals surface area contributed by atoms with Crippen molar-refractivity contribution in [3.05, 3.63) is 21.7 Å². The van der Waals surface area contributed by atoms with Crippen molar-refractivity contribution < 1.29 is 0 Å². The van der Waals surface area contributed by atoms with E-state index in [0.29, 0.717) is 0 Å². The van der Waals surface area contributed by atoms with Gasteiger partial charge in [-0.25, -0.2) is 0 Å². The molecule has 0 aromatic rings. The minimum Gasteiger partial charge on any atom is -0.0817 e. The van der Waals surface area contributed by atoms with E-state index < -0.39 is 24.2 Å². The van der Waals surface area contributed by atoms with Gasteiger partial charge in [0.25, 0.3) is 0 Å². The minimum atomic E-state index is -1.35. The molecule has 0 fully saturated rings. The predicted molar refractivity (Wildman–Crippen MR) is 131 cm³/mol. The highest BCUT2D eigenvalue weighted by atomic mass is 28.3. The molecule has 0 saturated carbocycles. The molecule has 0 bridgehead atoms. The third-order valence-corrected chi connectivity index (χ3v) is 26.6. The van der Waals surface area contributed by atoms with Crippen LogP contribution >= 0.6 is 0 Å². The summed E-state index contributed by atoms with van der Waals surface area (Å²) in [6.45, 7) is 22.6. The summed E-state index contributed by atoms with van der Waals surface area (Å²) < 4.78 is 0. The van der Waals surface area contributed by atoms with Crippen molar-refractivity contribution in [3.63, 3.8) is 0 Å². The summed E-state index contributed by atoms with van der Waals surface area (Å²) in [4.78, 5) is 0. The fraction of sp³-hybridized carbons (Fsp3) is 0.826. The molecule has 0 radical (unpaired) electrons. The Labute approximate surface area is 169 Å². The lowest BCUT2D eigenvalue weighted by atomic mass is 10.5. The van der Waals surface area contributed by atoms with E-state index >= 15 is 0 Å². The summed E-state index contributed by atoms with van der Waals surface area (Å²) in [5.41, 5.74) is 0. The van der Waals surface area contributed by atoms with Crippen molar-refractivity contribution >= 4 is 24.2 Å². The molecular formula is C23H48Si3. The van der Waals surface area contributed by atoms with Gasteiger partial charge in [0.05, 0.1) is 24.2 Å². The first kappa shape index (κ1) is 24.2. The van der Waals surface area contributed by atoms with Crippen LogP contribution < -0.4 is 0 Å². The Kier molecular flexibility index (Phi) is 9.36. The molecule has 0 unspecified atom stereocenters. The van der Waals surface area contributed by atoms with Crippen molar-refractivity contribution in [1.29, 1.82) is 0 Å². The Hall–Kier alpha value is 0.131. The van der Waals surface area contributed by atoms with Crippen molar-refractivity contribution in [2.24, 2.45) is 0 Å². The fourth-order valence-corrected chi connectivity index (χ4v) is 21.3. The largest absolute Gasteiger partial charge is 0.0853 e. The van der Waals surface area contributed by atoms with Crippen LogP contribution in [0.5, 0.6) is 0 Å². The van der Waals surface area contributed by atoms with Gasteiger partial charge < -0.3 is 0 Å². The maximum absolute atomic E-state index is 2.80. The Balaban J connectivity index is 3.81. The second-order valence-corrected chi connectivity index (χ2v) is 24.4. The van der Waals surface area contributed by atoms with Crippen LogP contribution in [0, 0.1) is 0 Å². The SMILES string of the molecule is CC[Si](CC)(CC)C1=CCC([Si](CC)(CC)CC)=C1[Si](CC)(CC)CC. The fourth-order valence-electron chi connectivity index (χ4n) is 6.13. The van der Waals surface area contributed by atoms with Crippen LogP contribution in [-0.2, 0) is 0 Å². The van der Waals surface area contributed by atoms with E-state index in [9.17, 15) is 0 Å². The van der Waals surface area contributed by atoms with Crippen molar-refractivity contribution in [2.45, 2.75) is 123 Å². The first-order chi connectivity index (χ1) is 12.4. The van der Waals surface area contributed by atoms with E-state index in [1.807, 2.05) is 5.20 Å². The van der Waals surface area contributed by atoms with E-state index in [0.717, 1.165) is 0 Å².